The van der Waals surface area contributed by atoms with Crippen LogP contribution in [0.25, 0.3) is 22.0 Å². The number of hydrogen-bond acceptors (Lipinski definition) is 3. The van der Waals surface area contributed by atoms with Gasteiger partial charge in [0.1, 0.15) is 3.70 Å². The summed E-state index contributed by atoms with van der Waals surface area (Å²) in [6.07, 6.45) is 5.94. The Balaban J connectivity index is 1.74. The normalized spacial score (nSPS) is 16.9. The van der Waals surface area contributed by atoms with Gasteiger partial charge in [-0.05, 0) is 95.7 Å². The third kappa shape index (κ3) is 4.35. The minimum Gasteiger partial charge on any atom is -0.491 e. The topological polar surface area (TPSA) is 36.3 Å². The maximum Gasteiger partial charge on any atom is 0.165 e. The highest BCUT2D eigenvalue weighted by Crippen LogP contribution is 2.35. The molecule has 2 aromatic carbocycles. The molecule has 3 aromatic rings. The fourth-order valence-corrected chi connectivity index (χ4v) is 4.68. The second kappa shape index (κ2) is 9.64. The monoisotopic (exact) mass is 522 g/mol. The Morgan fingerprint density at radius 2 is 2.10 bits per heavy atom. The van der Waals surface area contributed by atoms with Crippen LogP contribution in [0.2, 0.25) is 0 Å². The van der Waals surface area contributed by atoms with Crippen molar-refractivity contribution < 1.29 is 13.9 Å². The van der Waals surface area contributed by atoms with Gasteiger partial charge >= 0.3 is 0 Å². The second-order valence-electron chi connectivity index (χ2n) is 7.78. The van der Waals surface area contributed by atoms with Crippen LogP contribution in [0.5, 0.6) is 5.75 Å². The summed E-state index contributed by atoms with van der Waals surface area (Å²) in [7, 11) is 0. The van der Waals surface area contributed by atoms with Gasteiger partial charge in [-0.1, -0.05) is 26.3 Å². The van der Waals surface area contributed by atoms with E-state index in [1.54, 1.807) is 6.07 Å². The smallest absolute Gasteiger partial charge is 0.165 e. The van der Waals surface area contributed by atoms with E-state index < -0.39 is 0 Å². The first kappa shape index (κ1) is 21.6. The summed E-state index contributed by atoms with van der Waals surface area (Å²) in [6, 6.07) is 9.74. The van der Waals surface area contributed by atoms with E-state index in [1.807, 2.05) is 10.7 Å². The molecule has 0 N–H and O–H groups in total. The summed E-state index contributed by atoms with van der Waals surface area (Å²) in [5, 5.41) is 5.85. The van der Waals surface area contributed by atoms with Gasteiger partial charge in [0.15, 0.2) is 17.8 Å². The number of ether oxygens (including phenoxy) is 2. The van der Waals surface area contributed by atoms with Gasteiger partial charge in [-0.15, -0.1) is 0 Å². The Morgan fingerprint density at radius 3 is 2.83 bits per heavy atom. The lowest BCUT2D eigenvalue weighted by molar-refractivity contribution is -0.0368. The number of nitrogens with zero attached hydrogens (tertiary/aromatic N) is 2. The van der Waals surface area contributed by atoms with Crippen molar-refractivity contribution in [3.8, 4) is 16.9 Å². The van der Waals surface area contributed by atoms with E-state index in [4.69, 9.17) is 14.6 Å². The van der Waals surface area contributed by atoms with Crippen molar-refractivity contribution in [2.75, 3.05) is 13.2 Å². The first-order valence-electron chi connectivity index (χ1n) is 10.9. The predicted molar refractivity (Wildman–Crippen MR) is 126 cm³/mol. The minimum absolute atomic E-state index is 0.0308. The standard InChI is InChI=1S/C24H28FIN2O2/c1-3-5-11-29-22-14-16(4-2)19(15-20(22)25)17-9-10-18-21(13-17)28(27-24(18)26)23-8-6-7-12-30-23/h9-10,13-15,23H,3-8,11-12H2,1-2H3. The number of rotatable bonds is 7. The Hall–Kier alpha value is -1.67. The molecule has 30 heavy (non-hydrogen) atoms. The van der Waals surface area contributed by atoms with E-state index in [-0.39, 0.29) is 12.0 Å². The second-order valence-corrected chi connectivity index (χ2v) is 8.81. The minimum atomic E-state index is -0.308. The van der Waals surface area contributed by atoms with Crippen molar-refractivity contribution in [2.45, 2.75) is 58.6 Å². The van der Waals surface area contributed by atoms with Gasteiger partial charge in [-0.3, -0.25) is 0 Å². The number of aryl methyl sites for hydroxylation is 1. The maximum atomic E-state index is 14.8. The van der Waals surface area contributed by atoms with Gasteiger partial charge in [0.25, 0.3) is 0 Å². The molecule has 1 aromatic heterocycles. The maximum absolute atomic E-state index is 14.8. The molecular weight excluding hydrogens is 494 g/mol. The Kier molecular flexibility index (Phi) is 6.93. The van der Waals surface area contributed by atoms with Crippen LogP contribution in [0.15, 0.2) is 30.3 Å². The summed E-state index contributed by atoms with van der Waals surface area (Å²) in [6.45, 7) is 5.50. The first-order chi connectivity index (χ1) is 14.6. The quantitative estimate of drug-likeness (QED) is 0.251. The predicted octanol–water partition coefficient (Wildman–Crippen LogP) is 6.89. The molecule has 1 aliphatic rings. The summed E-state index contributed by atoms with van der Waals surface area (Å²) >= 11 is 2.28. The molecule has 4 rings (SSSR count). The zero-order valence-corrected chi connectivity index (χ0v) is 19.7. The van der Waals surface area contributed by atoms with Crippen LogP contribution in [-0.2, 0) is 11.2 Å². The fraction of sp³-hybridized carbons (Fsp3) is 0.458. The lowest BCUT2D eigenvalue weighted by atomic mass is 9.96. The molecule has 4 nitrogen and oxygen atoms in total. The van der Waals surface area contributed by atoms with E-state index in [0.717, 1.165) is 76.4 Å². The molecule has 1 aliphatic heterocycles. The van der Waals surface area contributed by atoms with Crippen LogP contribution in [0, 0.1) is 9.52 Å². The van der Waals surface area contributed by atoms with Crippen LogP contribution < -0.4 is 4.74 Å². The van der Waals surface area contributed by atoms with Gasteiger partial charge in [-0.2, -0.15) is 5.10 Å². The Labute approximate surface area is 190 Å². The summed E-state index contributed by atoms with van der Waals surface area (Å²) in [5.41, 5.74) is 4.02. The molecule has 0 amide bonds. The molecular formula is C24H28FIN2O2. The molecule has 1 saturated heterocycles. The number of fused-ring (bicyclic) bond motifs is 1. The van der Waals surface area contributed by atoms with Crippen molar-refractivity contribution in [3.63, 3.8) is 0 Å². The average molecular weight is 522 g/mol. The molecule has 1 fully saturated rings. The zero-order chi connectivity index (χ0) is 21.1. The Bertz CT molecular complexity index is 1030. The number of hydrogen-bond donors (Lipinski definition) is 0. The molecule has 0 saturated carbocycles. The number of aromatic nitrogens is 2. The van der Waals surface area contributed by atoms with E-state index in [9.17, 15) is 4.39 Å². The van der Waals surface area contributed by atoms with Crippen molar-refractivity contribution in [3.05, 3.63) is 45.4 Å². The Morgan fingerprint density at radius 1 is 1.23 bits per heavy atom. The molecule has 160 valence electrons. The van der Waals surface area contributed by atoms with Crippen LogP contribution in [0.4, 0.5) is 4.39 Å². The van der Waals surface area contributed by atoms with Crippen LogP contribution in [0.3, 0.4) is 0 Å². The molecule has 0 spiro atoms. The summed E-state index contributed by atoms with van der Waals surface area (Å²) < 4.78 is 29.4. The third-order valence-corrected chi connectivity index (χ3v) is 6.49. The lowest BCUT2D eigenvalue weighted by Gasteiger charge is -2.23. The van der Waals surface area contributed by atoms with E-state index in [0.29, 0.717) is 12.4 Å². The fourth-order valence-electron chi connectivity index (χ4n) is 4.00. The number of halogens is 2. The molecule has 6 heteroatoms. The van der Waals surface area contributed by atoms with Crippen LogP contribution in [-0.4, -0.2) is 23.0 Å². The summed E-state index contributed by atoms with van der Waals surface area (Å²) in [4.78, 5) is 0. The number of benzene rings is 2. The van der Waals surface area contributed by atoms with Gasteiger partial charge in [0.2, 0.25) is 0 Å². The molecule has 0 aliphatic carbocycles. The molecule has 0 radical (unpaired) electrons. The highest BCUT2D eigenvalue weighted by atomic mass is 127. The van der Waals surface area contributed by atoms with Crippen molar-refractivity contribution in [1.29, 1.82) is 0 Å². The van der Waals surface area contributed by atoms with Crippen molar-refractivity contribution >= 4 is 33.5 Å². The van der Waals surface area contributed by atoms with Gasteiger partial charge in [-0.25, -0.2) is 9.07 Å². The highest BCUT2D eigenvalue weighted by molar-refractivity contribution is 14.1. The van der Waals surface area contributed by atoms with Gasteiger partial charge < -0.3 is 9.47 Å². The van der Waals surface area contributed by atoms with Gasteiger partial charge in [0, 0.05) is 12.0 Å². The van der Waals surface area contributed by atoms with E-state index in [1.165, 1.54) is 0 Å². The van der Waals surface area contributed by atoms with Crippen molar-refractivity contribution in [2.24, 2.45) is 0 Å². The third-order valence-electron chi connectivity index (χ3n) is 5.70. The van der Waals surface area contributed by atoms with E-state index in [2.05, 4.69) is 54.6 Å². The van der Waals surface area contributed by atoms with Gasteiger partial charge in [0.05, 0.1) is 12.1 Å². The van der Waals surface area contributed by atoms with Crippen LogP contribution in [0.1, 0.15) is 57.7 Å². The zero-order valence-electron chi connectivity index (χ0n) is 17.6. The first-order valence-corrected chi connectivity index (χ1v) is 11.9. The molecule has 1 unspecified atom stereocenters. The van der Waals surface area contributed by atoms with E-state index >= 15 is 0 Å². The lowest BCUT2D eigenvalue weighted by Crippen LogP contribution is -2.19. The average Bonchev–Trinajstić information content (AvgIpc) is 3.11. The highest BCUT2D eigenvalue weighted by Gasteiger charge is 2.21. The largest absolute Gasteiger partial charge is 0.491 e. The van der Waals surface area contributed by atoms with Crippen LogP contribution >= 0.6 is 22.6 Å². The molecule has 1 atom stereocenters. The summed E-state index contributed by atoms with van der Waals surface area (Å²) in [5.74, 6) is 0.0393. The molecule has 0 bridgehead atoms. The molecule has 2 heterocycles. The number of unbranched alkanes of at least 4 members (excludes halogenated alkanes) is 1. The van der Waals surface area contributed by atoms with Crippen molar-refractivity contribution in [1.82, 2.24) is 9.78 Å². The SMILES string of the molecule is CCCCOc1cc(CC)c(-c2ccc3c(I)nn(C4CCCCO4)c3c2)cc1F.